The maximum absolute atomic E-state index is 12.0. The van der Waals surface area contributed by atoms with Crippen LogP contribution in [0.3, 0.4) is 0 Å². The molecular weight excluding hydrogens is 266 g/mol. The van der Waals surface area contributed by atoms with E-state index in [2.05, 4.69) is 5.32 Å². The van der Waals surface area contributed by atoms with E-state index in [1.165, 1.54) is 0 Å². The number of nitrogen functional groups attached to an aromatic ring is 1. The molecule has 0 aliphatic heterocycles. The highest BCUT2D eigenvalue weighted by molar-refractivity contribution is 5.75. The van der Waals surface area contributed by atoms with Crippen molar-refractivity contribution in [1.82, 2.24) is 4.57 Å². The van der Waals surface area contributed by atoms with Crippen LogP contribution in [0.4, 0.5) is 11.4 Å². The van der Waals surface area contributed by atoms with Crippen LogP contribution in [0, 0.1) is 0 Å². The molecule has 2 rings (SSSR count). The first-order valence-electron chi connectivity index (χ1n) is 6.87. The van der Waals surface area contributed by atoms with Crippen LogP contribution in [0.2, 0.25) is 0 Å². The second-order valence-electron chi connectivity index (χ2n) is 5.23. The minimum atomic E-state index is -0.0727. The molecule has 0 bridgehead atoms. The Morgan fingerprint density at radius 3 is 2.62 bits per heavy atom. The second-order valence-corrected chi connectivity index (χ2v) is 5.23. The van der Waals surface area contributed by atoms with Gasteiger partial charge < -0.3 is 20.4 Å². The van der Waals surface area contributed by atoms with Gasteiger partial charge in [-0.2, -0.15) is 0 Å². The van der Waals surface area contributed by atoms with Gasteiger partial charge in [0.1, 0.15) is 11.4 Å². The van der Waals surface area contributed by atoms with Crippen LogP contribution in [-0.2, 0) is 7.05 Å². The number of aromatic nitrogens is 1. The minimum absolute atomic E-state index is 0.0590. The molecule has 0 spiro atoms. The molecule has 1 aromatic carbocycles. The molecular formula is C16H21N3O2. The van der Waals surface area contributed by atoms with Gasteiger partial charge in [-0.1, -0.05) is 0 Å². The van der Waals surface area contributed by atoms with Crippen molar-refractivity contribution in [3.63, 3.8) is 0 Å². The fourth-order valence-electron chi connectivity index (χ4n) is 2.17. The van der Waals surface area contributed by atoms with Crippen molar-refractivity contribution in [2.24, 2.45) is 7.05 Å². The molecule has 0 saturated heterocycles. The highest BCUT2D eigenvalue weighted by Gasteiger charge is 2.12. The Balaban J connectivity index is 2.63. The number of hydrogen-bond acceptors (Lipinski definition) is 4. The molecule has 0 atom stereocenters. The van der Waals surface area contributed by atoms with E-state index in [9.17, 15) is 4.79 Å². The molecule has 112 valence electrons. The molecule has 5 nitrogen and oxygen atoms in total. The van der Waals surface area contributed by atoms with Gasteiger partial charge in [0, 0.05) is 37.1 Å². The average molecular weight is 287 g/mol. The molecule has 0 radical (unpaired) electrons. The van der Waals surface area contributed by atoms with Crippen molar-refractivity contribution in [3.8, 4) is 16.9 Å². The summed E-state index contributed by atoms with van der Waals surface area (Å²) in [6, 6.07) is 7.33. The summed E-state index contributed by atoms with van der Waals surface area (Å²) in [5.74, 6) is 0.750. The van der Waals surface area contributed by atoms with Crippen molar-refractivity contribution in [2.75, 3.05) is 18.1 Å². The predicted molar refractivity (Wildman–Crippen MR) is 86.8 cm³/mol. The Kier molecular flexibility index (Phi) is 4.21. The zero-order valence-electron chi connectivity index (χ0n) is 12.8. The van der Waals surface area contributed by atoms with Gasteiger partial charge in [-0.3, -0.25) is 4.79 Å². The van der Waals surface area contributed by atoms with Gasteiger partial charge in [-0.15, -0.1) is 0 Å². The Bertz CT molecular complexity index is 705. The molecule has 2 aromatic rings. The molecule has 3 N–H and O–H groups in total. The first-order chi connectivity index (χ1) is 9.92. The van der Waals surface area contributed by atoms with E-state index < -0.39 is 0 Å². The molecule has 0 unspecified atom stereocenters. The number of aryl methyl sites for hydroxylation is 1. The molecule has 0 saturated carbocycles. The van der Waals surface area contributed by atoms with Gasteiger partial charge in [0.05, 0.1) is 6.10 Å². The first kappa shape index (κ1) is 15.0. The van der Waals surface area contributed by atoms with Crippen molar-refractivity contribution in [3.05, 3.63) is 40.8 Å². The molecule has 21 heavy (non-hydrogen) atoms. The average Bonchev–Trinajstić information content (AvgIpc) is 2.43. The Morgan fingerprint density at radius 1 is 1.29 bits per heavy atom. The van der Waals surface area contributed by atoms with E-state index in [1.54, 1.807) is 24.9 Å². The number of anilines is 2. The van der Waals surface area contributed by atoms with E-state index in [-0.39, 0.29) is 11.7 Å². The van der Waals surface area contributed by atoms with Crippen LogP contribution < -0.4 is 21.3 Å². The maximum Gasteiger partial charge on any atom is 0.273 e. The van der Waals surface area contributed by atoms with Gasteiger partial charge >= 0.3 is 0 Å². The zero-order chi connectivity index (χ0) is 15.6. The number of nitrogens with zero attached hydrogens (tertiary/aromatic N) is 1. The quantitative estimate of drug-likeness (QED) is 0.848. The second kappa shape index (κ2) is 5.91. The Hall–Kier alpha value is -2.43. The number of rotatable bonds is 4. The van der Waals surface area contributed by atoms with E-state index in [1.807, 2.05) is 38.1 Å². The number of pyridine rings is 1. The van der Waals surface area contributed by atoms with E-state index >= 15 is 0 Å². The third kappa shape index (κ3) is 3.18. The lowest BCUT2D eigenvalue weighted by molar-refractivity contribution is 0.243. The summed E-state index contributed by atoms with van der Waals surface area (Å²) in [4.78, 5) is 12.0. The molecule has 0 aliphatic carbocycles. The van der Waals surface area contributed by atoms with Gasteiger partial charge in [0.2, 0.25) is 0 Å². The predicted octanol–water partition coefficient (Wildman–Crippen LogP) is 2.46. The van der Waals surface area contributed by atoms with Gasteiger partial charge in [0.25, 0.3) is 5.56 Å². The van der Waals surface area contributed by atoms with Crippen molar-refractivity contribution < 1.29 is 4.74 Å². The fraction of sp³-hybridized carbons (Fsp3) is 0.312. The van der Waals surface area contributed by atoms with E-state index in [0.717, 1.165) is 16.9 Å². The lowest BCUT2D eigenvalue weighted by atomic mass is 10.0. The summed E-state index contributed by atoms with van der Waals surface area (Å²) in [7, 11) is 3.45. The van der Waals surface area contributed by atoms with Crippen LogP contribution in [-0.4, -0.2) is 17.7 Å². The highest BCUT2D eigenvalue weighted by atomic mass is 16.5. The zero-order valence-corrected chi connectivity index (χ0v) is 12.8. The third-order valence-electron chi connectivity index (χ3n) is 3.13. The summed E-state index contributed by atoms with van der Waals surface area (Å²) in [6.45, 7) is 3.94. The van der Waals surface area contributed by atoms with Crippen molar-refractivity contribution >= 4 is 11.4 Å². The Labute approximate surface area is 124 Å². The van der Waals surface area contributed by atoms with Crippen LogP contribution in [0.1, 0.15) is 13.8 Å². The molecule has 0 amide bonds. The number of ether oxygens (including phenoxy) is 1. The summed E-state index contributed by atoms with van der Waals surface area (Å²) < 4.78 is 7.38. The molecule has 0 fully saturated rings. The monoisotopic (exact) mass is 287 g/mol. The van der Waals surface area contributed by atoms with Crippen molar-refractivity contribution in [1.29, 1.82) is 0 Å². The van der Waals surface area contributed by atoms with E-state index in [4.69, 9.17) is 10.5 Å². The van der Waals surface area contributed by atoms with Crippen molar-refractivity contribution in [2.45, 2.75) is 20.0 Å². The minimum Gasteiger partial charge on any atom is -0.490 e. The number of hydrogen-bond donors (Lipinski definition) is 2. The van der Waals surface area contributed by atoms with Gasteiger partial charge in [0.15, 0.2) is 0 Å². The summed E-state index contributed by atoms with van der Waals surface area (Å²) in [6.07, 6.45) is 1.84. The summed E-state index contributed by atoms with van der Waals surface area (Å²) in [5, 5.41) is 2.92. The SMILES string of the molecule is CNc1cc(-c2cc(N)ccc2OC(C)C)cn(C)c1=O. The normalized spacial score (nSPS) is 10.7. The largest absolute Gasteiger partial charge is 0.490 e. The third-order valence-corrected chi connectivity index (χ3v) is 3.13. The molecule has 0 aliphatic rings. The van der Waals surface area contributed by atoms with Crippen LogP contribution in [0.25, 0.3) is 11.1 Å². The van der Waals surface area contributed by atoms with Crippen LogP contribution in [0.15, 0.2) is 35.3 Å². The smallest absolute Gasteiger partial charge is 0.273 e. The molecule has 1 heterocycles. The number of nitrogens with one attached hydrogen (secondary N) is 1. The van der Waals surface area contributed by atoms with Gasteiger partial charge in [-0.05, 0) is 38.1 Å². The van der Waals surface area contributed by atoms with Gasteiger partial charge in [-0.25, -0.2) is 0 Å². The van der Waals surface area contributed by atoms with Crippen LogP contribution in [0.5, 0.6) is 5.75 Å². The first-order valence-corrected chi connectivity index (χ1v) is 6.87. The Morgan fingerprint density at radius 2 is 2.00 bits per heavy atom. The standard InChI is InChI=1S/C16H21N3O2/c1-10(2)21-15-6-5-12(17)8-13(15)11-7-14(18-3)16(20)19(4)9-11/h5-10,18H,17H2,1-4H3. The highest BCUT2D eigenvalue weighted by Crippen LogP contribution is 2.33. The van der Waals surface area contributed by atoms with Crippen LogP contribution >= 0.6 is 0 Å². The fourth-order valence-corrected chi connectivity index (χ4v) is 2.17. The topological polar surface area (TPSA) is 69.3 Å². The molecule has 5 heteroatoms. The summed E-state index contributed by atoms with van der Waals surface area (Å²) >= 11 is 0. The lowest BCUT2D eigenvalue weighted by Crippen LogP contribution is -2.19. The maximum atomic E-state index is 12.0. The van der Waals surface area contributed by atoms with E-state index in [0.29, 0.717) is 11.4 Å². The molecule has 1 aromatic heterocycles. The number of benzene rings is 1. The number of nitrogens with two attached hydrogens (primary N) is 1. The summed E-state index contributed by atoms with van der Waals surface area (Å²) in [5.41, 5.74) is 8.76. The lowest BCUT2D eigenvalue weighted by Gasteiger charge is -2.16.